The van der Waals surface area contributed by atoms with Crippen LogP contribution in [0.4, 0.5) is 14.5 Å². The first-order chi connectivity index (χ1) is 15.5. The molecule has 0 radical (unpaired) electrons. The minimum absolute atomic E-state index is 0.0352. The topological polar surface area (TPSA) is 124 Å². The highest BCUT2D eigenvalue weighted by molar-refractivity contribution is 7.89. The summed E-state index contributed by atoms with van der Waals surface area (Å²) < 4.78 is 60.1. The summed E-state index contributed by atoms with van der Waals surface area (Å²) in [6.07, 6.45) is 3.69. The normalized spacial score (nSPS) is 21.9. The first-order valence-corrected chi connectivity index (χ1v) is 11.8. The molecular weight excluding hydrogens is 456 g/mol. The van der Waals surface area contributed by atoms with E-state index in [4.69, 9.17) is 10.1 Å². The molecule has 1 amide bonds. The number of hydrogen-bond donors (Lipinski definition) is 3. The molecule has 2 heterocycles. The molecule has 176 valence electrons. The third-order valence-corrected chi connectivity index (χ3v) is 7.59. The number of sulfonamides is 1. The van der Waals surface area contributed by atoms with E-state index in [2.05, 4.69) is 15.6 Å². The maximum absolute atomic E-state index is 14.7. The van der Waals surface area contributed by atoms with E-state index in [1.54, 1.807) is 6.07 Å². The van der Waals surface area contributed by atoms with Crippen LogP contribution in [0, 0.1) is 23.0 Å². The third kappa shape index (κ3) is 4.75. The lowest BCUT2D eigenvalue weighted by Crippen LogP contribution is -2.61. The van der Waals surface area contributed by atoms with Gasteiger partial charge in [0.05, 0.1) is 24.1 Å². The molecule has 0 unspecified atom stereocenters. The van der Waals surface area contributed by atoms with Gasteiger partial charge in [0.25, 0.3) is 5.91 Å². The molecule has 0 bridgehead atoms. The van der Waals surface area contributed by atoms with Gasteiger partial charge in [-0.15, -0.1) is 0 Å². The van der Waals surface area contributed by atoms with E-state index in [1.807, 2.05) is 0 Å². The smallest absolute Gasteiger partial charge is 0.274 e. The largest absolute Gasteiger partial charge is 0.492 e. The van der Waals surface area contributed by atoms with Crippen molar-refractivity contribution in [3.8, 4) is 5.75 Å². The summed E-state index contributed by atoms with van der Waals surface area (Å²) in [5.74, 6) is -3.21. The molecule has 1 aliphatic heterocycles. The minimum Gasteiger partial charge on any atom is -0.492 e. The Hall–Kier alpha value is -3.28. The van der Waals surface area contributed by atoms with E-state index < -0.39 is 44.8 Å². The summed E-state index contributed by atoms with van der Waals surface area (Å²) in [4.78, 5) is 16.6. The van der Waals surface area contributed by atoms with E-state index in [-0.39, 0.29) is 16.9 Å². The molecule has 2 fully saturated rings. The number of ether oxygens (including phenoxy) is 1. The molecular formula is C21H23F2N5O4S. The number of aromatic nitrogens is 1. The Morgan fingerprint density at radius 3 is 2.70 bits per heavy atom. The number of benzene rings is 1. The number of rotatable bonds is 6. The van der Waals surface area contributed by atoms with Gasteiger partial charge in [-0.05, 0) is 43.9 Å². The van der Waals surface area contributed by atoms with Gasteiger partial charge in [0.15, 0.2) is 11.6 Å². The number of anilines is 1. The van der Waals surface area contributed by atoms with Crippen molar-refractivity contribution < 1.29 is 26.7 Å². The van der Waals surface area contributed by atoms with Gasteiger partial charge in [-0.3, -0.25) is 10.2 Å². The summed E-state index contributed by atoms with van der Waals surface area (Å²) in [6.45, 7) is 1.94. The Morgan fingerprint density at radius 2 is 2.09 bits per heavy atom. The highest BCUT2D eigenvalue weighted by atomic mass is 32.2. The SMILES string of the molecule is CN1C(=N)N[C@](C)(c2cc(NC(=O)c3ccc(OCC4CC4)cn3)cc(F)c2F)CS1(=O)=O. The quantitative estimate of drug-likeness (QED) is 0.585. The molecule has 33 heavy (non-hydrogen) atoms. The van der Waals surface area contributed by atoms with Gasteiger partial charge in [0.2, 0.25) is 16.0 Å². The van der Waals surface area contributed by atoms with E-state index in [1.165, 1.54) is 26.2 Å². The highest BCUT2D eigenvalue weighted by Crippen LogP contribution is 2.33. The van der Waals surface area contributed by atoms with Crippen LogP contribution in [-0.2, 0) is 15.6 Å². The molecule has 2 aliphatic rings. The average Bonchev–Trinajstić information content (AvgIpc) is 3.57. The average molecular weight is 480 g/mol. The lowest BCUT2D eigenvalue weighted by Gasteiger charge is -2.40. The highest BCUT2D eigenvalue weighted by Gasteiger charge is 2.44. The predicted molar refractivity (Wildman–Crippen MR) is 117 cm³/mol. The third-order valence-electron chi connectivity index (χ3n) is 5.63. The minimum atomic E-state index is -3.94. The standard InChI is InChI=1S/C21H23F2N5O4S/c1-21(11-33(30,31)28(2)20(24)27-21)15-7-13(8-16(22)18(15)23)26-19(29)17-6-5-14(9-25-17)32-10-12-3-4-12/h5-9,12H,3-4,10-11H2,1-2H3,(H2,24,27)(H,26,29)/t21-/m0/s1. The van der Waals surface area contributed by atoms with Gasteiger partial charge in [-0.25, -0.2) is 26.5 Å². The van der Waals surface area contributed by atoms with Crippen molar-refractivity contribution in [2.75, 3.05) is 24.7 Å². The number of hydrogen-bond acceptors (Lipinski definition) is 6. The monoisotopic (exact) mass is 479 g/mol. The number of guanidine groups is 1. The van der Waals surface area contributed by atoms with Gasteiger partial charge in [0, 0.05) is 24.4 Å². The zero-order valence-electron chi connectivity index (χ0n) is 18.0. The Bertz CT molecular complexity index is 1220. The van der Waals surface area contributed by atoms with Crippen molar-refractivity contribution in [2.45, 2.75) is 25.3 Å². The second-order valence-electron chi connectivity index (χ2n) is 8.44. The number of nitrogens with zero attached hydrogens (tertiary/aromatic N) is 2. The first-order valence-electron chi connectivity index (χ1n) is 10.2. The molecule has 1 atom stereocenters. The van der Waals surface area contributed by atoms with Crippen LogP contribution in [-0.4, -0.2) is 49.0 Å². The molecule has 1 aliphatic carbocycles. The summed E-state index contributed by atoms with van der Waals surface area (Å²) in [6, 6.07) is 4.99. The van der Waals surface area contributed by atoms with Crippen LogP contribution in [0.1, 0.15) is 35.8 Å². The predicted octanol–water partition coefficient (Wildman–Crippen LogP) is 2.42. The maximum Gasteiger partial charge on any atom is 0.274 e. The lowest BCUT2D eigenvalue weighted by atomic mass is 9.92. The van der Waals surface area contributed by atoms with Crippen LogP contribution in [0.15, 0.2) is 30.5 Å². The molecule has 1 aromatic carbocycles. The van der Waals surface area contributed by atoms with Gasteiger partial charge >= 0.3 is 0 Å². The Kier molecular flexibility index (Phi) is 5.72. The van der Waals surface area contributed by atoms with Crippen molar-refractivity contribution in [3.05, 3.63) is 53.4 Å². The fourth-order valence-corrected chi connectivity index (χ4v) is 4.95. The molecule has 2 aromatic rings. The lowest BCUT2D eigenvalue weighted by molar-refractivity contribution is 0.102. The fourth-order valence-electron chi connectivity index (χ4n) is 3.48. The summed E-state index contributed by atoms with van der Waals surface area (Å²) in [5.41, 5.74) is -2.02. The van der Waals surface area contributed by atoms with Crippen molar-refractivity contribution in [3.63, 3.8) is 0 Å². The van der Waals surface area contributed by atoms with Crippen LogP contribution in [0.3, 0.4) is 0 Å². The number of halogens is 2. The van der Waals surface area contributed by atoms with Crippen molar-refractivity contribution in [1.29, 1.82) is 5.41 Å². The second kappa shape index (κ2) is 8.25. The molecule has 0 spiro atoms. The van der Waals surface area contributed by atoms with Crippen molar-refractivity contribution >= 4 is 27.6 Å². The van der Waals surface area contributed by atoms with Crippen LogP contribution < -0.4 is 15.4 Å². The fraction of sp³-hybridized carbons (Fsp3) is 0.381. The van der Waals surface area contributed by atoms with E-state index in [0.29, 0.717) is 18.3 Å². The first kappa shape index (κ1) is 22.9. The number of carbonyl (C=O) groups excluding carboxylic acids is 1. The number of nitrogens with one attached hydrogen (secondary N) is 3. The summed E-state index contributed by atoms with van der Waals surface area (Å²) >= 11 is 0. The Morgan fingerprint density at radius 1 is 1.36 bits per heavy atom. The van der Waals surface area contributed by atoms with E-state index in [9.17, 15) is 22.0 Å². The van der Waals surface area contributed by atoms with Gasteiger partial charge < -0.3 is 15.4 Å². The Labute approximate surface area is 189 Å². The molecule has 4 rings (SSSR count). The number of carbonyl (C=O) groups is 1. The van der Waals surface area contributed by atoms with Gasteiger partial charge in [-0.2, -0.15) is 0 Å². The number of pyridine rings is 1. The molecule has 1 saturated carbocycles. The number of amides is 1. The molecule has 12 heteroatoms. The zero-order valence-corrected chi connectivity index (χ0v) is 18.8. The van der Waals surface area contributed by atoms with E-state index in [0.717, 1.165) is 29.3 Å². The molecule has 9 nitrogen and oxygen atoms in total. The molecule has 1 aromatic heterocycles. The van der Waals surface area contributed by atoms with E-state index >= 15 is 0 Å². The molecule has 3 N–H and O–H groups in total. The maximum atomic E-state index is 14.7. The molecule has 1 saturated heterocycles. The van der Waals surface area contributed by atoms with Crippen LogP contribution >= 0.6 is 0 Å². The van der Waals surface area contributed by atoms with Gasteiger partial charge in [0.1, 0.15) is 11.4 Å². The van der Waals surface area contributed by atoms with Crippen LogP contribution in [0.2, 0.25) is 0 Å². The Balaban J connectivity index is 1.55. The van der Waals surface area contributed by atoms with Crippen molar-refractivity contribution in [2.24, 2.45) is 5.92 Å². The summed E-state index contributed by atoms with van der Waals surface area (Å²) in [5, 5.41) is 12.9. The zero-order chi connectivity index (χ0) is 24.0. The van der Waals surface area contributed by atoms with Crippen LogP contribution in [0.25, 0.3) is 0 Å². The second-order valence-corrected chi connectivity index (χ2v) is 10.4. The van der Waals surface area contributed by atoms with Crippen LogP contribution in [0.5, 0.6) is 5.75 Å². The summed E-state index contributed by atoms with van der Waals surface area (Å²) in [7, 11) is -2.75. The van der Waals surface area contributed by atoms with Gasteiger partial charge in [-0.1, -0.05) is 0 Å². The van der Waals surface area contributed by atoms with Crippen molar-refractivity contribution in [1.82, 2.24) is 14.6 Å².